The zero-order valence-electron chi connectivity index (χ0n) is 16.2. The van der Waals surface area contributed by atoms with Crippen LogP contribution < -0.4 is 0 Å². The molecule has 1 aromatic carbocycles. The summed E-state index contributed by atoms with van der Waals surface area (Å²) in [4.78, 5) is 16.1. The van der Waals surface area contributed by atoms with Crippen LogP contribution in [-0.4, -0.2) is 57.2 Å². The van der Waals surface area contributed by atoms with E-state index in [9.17, 15) is 13.2 Å². The van der Waals surface area contributed by atoms with Crippen LogP contribution in [0.4, 0.5) is 13.2 Å². The van der Waals surface area contributed by atoms with E-state index in [0.29, 0.717) is 6.61 Å². The van der Waals surface area contributed by atoms with E-state index in [2.05, 4.69) is 45.0 Å². The van der Waals surface area contributed by atoms with Crippen molar-refractivity contribution in [2.75, 3.05) is 20.3 Å². The zero-order valence-corrected chi connectivity index (χ0v) is 16.2. The van der Waals surface area contributed by atoms with E-state index in [1.807, 2.05) is 18.3 Å². The first-order chi connectivity index (χ1) is 14.3. The second-order valence-corrected chi connectivity index (χ2v) is 6.84. The number of pyridine rings is 1. The minimum atomic E-state index is -5.08. The van der Waals surface area contributed by atoms with Gasteiger partial charge in [0, 0.05) is 38.3 Å². The molecule has 0 spiro atoms. The van der Waals surface area contributed by atoms with Crippen LogP contribution in [0.5, 0.6) is 0 Å². The van der Waals surface area contributed by atoms with Gasteiger partial charge in [-0.1, -0.05) is 24.3 Å². The third-order valence-electron chi connectivity index (χ3n) is 4.60. The average molecular weight is 422 g/mol. The Labute approximate surface area is 170 Å². The van der Waals surface area contributed by atoms with Gasteiger partial charge in [-0.05, 0) is 18.2 Å². The van der Waals surface area contributed by atoms with Crippen molar-refractivity contribution in [1.29, 1.82) is 0 Å². The first-order valence-electron chi connectivity index (χ1n) is 9.16. The molecule has 1 aliphatic heterocycles. The van der Waals surface area contributed by atoms with E-state index >= 15 is 0 Å². The highest BCUT2D eigenvalue weighted by Gasteiger charge is 2.38. The molecule has 1 aliphatic rings. The Morgan fingerprint density at radius 3 is 2.67 bits per heavy atom. The summed E-state index contributed by atoms with van der Waals surface area (Å²) in [6.45, 7) is 3.35. The number of aliphatic carboxylic acids is 1. The zero-order chi connectivity index (χ0) is 21.7. The van der Waals surface area contributed by atoms with Crippen molar-refractivity contribution in [1.82, 2.24) is 19.7 Å². The minimum absolute atomic E-state index is 0.263. The second kappa shape index (κ2) is 9.23. The third kappa shape index (κ3) is 5.33. The van der Waals surface area contributed by atoms with Gasteiger partial charge in [-0.2, -0.15) is 18.3 Å². The number of methoxy groups -OCH3 is 1. The molecular weight excluding hydrogens is 401 g/mol. The number of para-hydroxylation sites is 1. The first-order valence-corrected chi connectivity index (χ1v) is 9.16. The van der Waals surface area contributed by atoms with Gasteiger partial charge >= 0.3 is 12.1 Å². The predicted molar refractivity (Wildman–Crippen MR) is 103 cm³/mol. The van der Waals surface area contributed by atoms with Crippen molar-refractivity contribution in [3.63, 3.8) is 0 Å². The van der Waals surface area contributed by atoms with Crippen LogP contribution in [-0.2, 0) is 22.6 Å². The van der Waals surface area contributed by atoms with E-state index in [0.717, 1.165) is 30.8 Å². The van der Waals surface area contributed by atoms with Crippen molar-refractivity contribution in [2.45, 2.75) is 25.3 Å². The molecule has 0 bridgehead atoms. The lowest BCUT2D eigenvalue weighted by Crippen LogP contribution is -2.39. The molecule has 2 aromatic heterocycles. The number of hydrogen-bond acceptors (Lipinski definition) is 5. The van der Waals surface area contributed by atoms with Gasteiger partial charge in [-0.15, -0.1) is 0 Å². The number of carbonyl (C=O) groups is 1. The van der Waals surface area contributed by atoms with Crippen LogP contribution in [0.1, 0.15) is 17.4 Å². The molecule has 7 nitrogen and oxygen atoms in total. The van der Waals surface area contributed by atoms with Crippen LogP contribution in [0.3, 0.4) is 0 Å². The van der Waals surface area contributed by atoms with Gasteiger partial charge in [0.2, 0.25) is 0 Å². The fourth-order valence-corrected chi connectivity index (χ4v) is 3.33. The van der Waals surface area contributed by atoms with Crippen molar-refractivity contribution in [2.24, 2.45) is 0 Å². The summed E-state index contributed by atoms with van der Waals surface area (Å²) in [5.41, 5.74) is 3.40. The van der Waals surface area contributed by atoms with Gasteiger partial charge in [0.1, 0.15) is 0 Å². The monoisotopic (exact) mass is 422 g/mol. The molecule has 30 heavy (non-hydrogen) atoms. The van der Waals surface area contributed by atoms with Crippen LogP contribution in [0.2, 0.25) is 0 Å². The maximum absolute atomic E-state index is 10.6. The topological polar surface area (TPSA) is 80.5 Å². The quantitative estimate of drug-likeness (QED) is 0.695. The van der Waals surface area contributed by atoms with E-state index in [-0.39, 0.29) is 6.04 Å². The fourth-order valence-electron chi connectivity index (χ4n) is 3.33. The molecule has 3 heterocycles. The summed E-state index contributed by atoms with van der Waals surface area (Å²) in [5, 5.41) is 12.7. The largest absolute Gasteiger partial charge is 0.490 e. The normalized spacial score (nSPS) is 16.6. The molecule has 10 heteroatoms. The fraction of sp³-hybridized carbons (Fsp3) is 0.350. The number of ether oxygens (including phenoxy) is 1. The third-order valence-corrected chi connectivity index (χ3v) is 4.60. The smallest absolute Gasteiger partial charge is 0.475 e. The van der Waals surface area contributed by atoms with Gasteiger partial charge in [0.05, 0.1) is 29.6 Å². The van der Waals surface area contributed by atoms with Crippen LogP contribution >= 0.6 is 0 Å². The number of aromatic nitrogens is 3. The van der Waals surface area contributed by atoms with Gasteiger partial charge in [0.15, 0.2) is 0 Å². The second-order valence-electron chi connectivity index (χ2n) is 6.84. The van der Waals surface area contributed by atoms with Gasteiger partial charge < -0.3 is 9.84 Å². The molecule has 0 saturated carbocycles. The van der Waals surface area contributed by atoms with E-state index in [1.165, 1.54) is 11.1 Å². The summed E-state index contributed by atoms with van der Waals surface area (Å²) >= 11 is 0. The van der Waals surface area contributed by atoms with Gasteiger partial charge in [-0.3, -0.25) is 14.6 Å². The molecule has 4 rings (SSSR count). The number of carboxylic acid groups (broad SMARTS) is 1. The molecule has 1 atom stereocenters. The molecule has 0 saturated heterocycles. The minimum Gasteiger partial charge on any atom is -0.475 e. The average Bonchev–Trinajstić information content (AvgIpc) is 3.17. The molecule has 160 valence electrons. The Bertz CT molecular complexity index is 1010. The molecule has 1 N–H and O–H groups in total. The van der Waals surface area contributed by atoms with Crippen LogP contribution in [0, 0.1) is 0 Å². The van der Waals surface area contributed by atoms with Gasteiger partial charge in [-0.25, -0.2) is 4.79 Å². The highest BCUT2D eigenvalue weighted by Crippen LogP contribution is 2.22. The number of fused-ring (bicyclic) bond motifs is 2. The maximum atomic E-state index is 10.6. The molecule has 3 aromatic rings. The highest BCUT2D eigenvalue weighted by atomic mass is 19.4. The maximum Gasteiger partial charge on any atom is 0.490 e. The van der Waals surface area contributed by atoms with Crippen LogP contribution in [0.15, 0.2) is 48.7 Å². The van der Waals surface area contributed by atoms with Crippen molar-refractivity contribution in [3.05, 3.63) is 60.0 Å². The van der Waals surface area contributed by atoms with Crippen molar-refractivity contribution < 1.29 is 27.8 Å². The van der Waals surface area contributed by atoms with Gasteiger partial charge in [0.25, 0.3) is 0 Å². The summed E-state index contributed by atoms with van der Waals surface area (Å²) < 4.78 is 39.2. The standard InChI is InChI=1S/C18H20N4O.C2HF3O2/c1-23-13-17-12-21(11-16-8-9-19-22(16)17)10-15-7-6-14-4-2-3-5-18(14)20-15;3-2(4,5)1(6)7/h2-9,17H,10-13H2,1H3;(H,6,7). The summed E-state index contributed by atoms with van der Waals surface area (Å²) in [7, 11) is 1.74. The number of carboxylic acids is 1. The Hall–Kier alpha value is -2.98. The SMILES string of the molecule is COCC1CN(Cc2ccc3ccccc3n2)Cc2ccnn21.O=C(O)C(F)(F)F. The predicted octanol–water partition coefficient (Wildman–Crippen LogP) is 3.27. The summed E-state index contributed by atoms with van der Waals surface area (Å²) in [6.07, 6.45) is -3.21. The molecule has 0 radical (unpaired) electrons. The lowest BCUT2D eigenvalue weighted by atomic mass is 10.1. The number of rotatable bonds is 4. The number of hydrogen-bond donors (Lipinski definition) is 1. The van der Waals surface area contributed by atoms with E-state index in [4.69, 9.17) is 19.6 Å². The molecule has 0 aliphatic carbocycles. The summed E-state index contributed by atoms with van der Waals surface area (Å²) in [5.74, 6) is -2.76. The van der Waals surface area contributed by atoms with E-state index < -0.39 is 12.1 Å². The molecule has 0 amide bonds. The Morgan fingerprint density at radius 2 is 1.97 bits per heavy atom. The molecular formula is C20H21F3N4O3. The van der Waals surface area contributed by atoms with E-state index in [1.54, 1.807) is 7.11 Å². The lowest BCUT2D eigenvalue weighted by molar-refractivity contribution is -0.192. The number of alkyl halides is 3. The molecule has 1 unspecified atom stereocenters. The number of benzene rings is 1. The molecule has 0 fully saturated rings. The van der Waals surface area contributed by atoms with Crippen molar-refractivity contribution in [3.8, 4) is 0 Å². The lowest BCUT2D eigenvalue weighted by Gasteiger charge is -2.33. The van der Waals surface area contributed by atoms with Crippen molar-refractivity contribution >= 4 is 16.9 Å². The highest BCUT2D eigenvalue weighted by molar-refractivity contribution is 5.78. The Morgan fingerprint density at radius 1 is 1.23 bits per heavy atom. The Kier molecular flexibility index (Phi) is 6.68. The van der Waals surface area contributed by atoms with Crippen LogP contribution in [0.25, 0.3) is 10.9 Å². The Balaban J connectivity index is 0.000000318. The number of nitrogens with zero attached hydrogens (tertiary/aromatic N) is 4. The summed E-state index contributed by atoms with van der Waals surface area (Å²) in [6, 6.07) is 14.9. The first kappa shape index (κ1) is 21.7. The number of halogens is 3.